The fraction of sp³-hybridized carbons (Fsp3) is 0.200. The Hall–Kier alpha value is -3.40. The van der Waals surface area contributed by atoms with Gasteiger partial charge >= 0.3 is 0 Å². The van der Waals surface area contributed by atoms with Crippen LogP contribution in [0.1, 0.15) is 29.5 Å². The van der Waals surface area contributed by atoms with E-state index in [1.165, 1.54) is 16.7 Å². The number of pyridine rings is 1. The minimum Gasteiger partial charge on any atom is -0.326 e. The van der Waals surface area contributed by atoms with E-state index in [9.17, 15) is 4.79 Å². The summed E-state index contributed by atoms with van der Waals surface area (Å²) in [6, 6.07) is 20.4. The Morgan fingerprint density at radius 2 is 1.76 bits per heavy atom. The molecule has 2 aromatic heterocycles. The summed E-state index contributed by atoms with van der Waals surface area (Å²) in [4.78, 5) is 17.0. The van der Waals surface area contributed by atoms with Crippen LogP contribution in [0.3, 0.4) is 0 Å². The summed E-state index contributed by atoms with van der Waals surface area (Å²) >= 11 is 0. The Morgan fingerprint density at radius 3 is 2.59 bits per heavy atom. The van der Waals surface area contributed by atoms with Crippen LogP contribution in [-0.4, -0.2) is 15.3 Å². The molecule has 4 aromatic rings. The lowest BCUT2D eigenvalue weighted by molar-refractivity contribution is -0.116. The molecule has 0 bridgehead atoms. The number of imidazole rings is 1. The topological polar surface area (TPSA) is 46.4 Å². The number of hydrogen-bond donors (Lipinski definition) is 1. The van der Waals surface area contributed by atoms with Gasteiger partial charge in [-0.05, 0) is 56.0 Å². The Kier molecular flexibility index (Phi) is 5.43. The molecule has 4 heteroatoms. The minimum atomic E-state index is 0.0416. The minimum absolute atomic E-state index is 0.0416. The van der Waals surface area contributed by atoms with Gasteiger partial charge in [0.1, 0.15) is 5.65 Å². The number of fused-ring (bicyclic) bond motifs is 1. The van der Waals surface area contributed by atoms with Gasteiger partial charge in [-0.1, -0.05) is 48.0 Å². The molecule has 0 unspecified atom stereocenters. The lowest BCUT2D eigenvalue weighted by Crippen LogP contribution is -2.11. The third-order valence-electron chi connectivity index (χ3n) is 5.03. The second kappa shape index (κ2) is 8.31. The number of aromatic nitrogens is 2. The predicted octanol–water partition coefficient (Wildman–Crippen LogP) is 5.58. The molecule has 0 radical (unpaired) electrons. The summed E-state index contributed by atoms with van der Waals surface area (Å²) in [5.74, 6) is 0.0416. The summed E-state index contributed by atoms with van der Waals surface area (Å²) in [6.07, 6.45) is 6.33. The molecule has 0 aliphatic carbocycles. The molecule has 0 aliphatic heterocycles. The summed E-state index contributed by atoms with van der Waals surface area (Å²) in [5.41, 5.74) is 7.31. The maximum Gasteiger partial charge on any atom is 0.224 e. The number of carbonyl (C=O) groups excluding carboxylic acids is 1. The number of carbonyl (C=O) groups is 1. The van der Waals surface area contributed by atoms with Crippen LogP contribution in [0, 0.1) is 13.8 Å². The number of nitrogens with one attached hydrogen (secondary N) is 1. The molecule has 1 N–H and O–H groups in total. The molecular formula is C25H25N3O. The van der Waals surface area contributed by atoms with Crippen LogP contribution in [0.4, 0.5) is 5.69 Å². The van der Waals surface area contributed by atoms with E-state index >= 15 is 0 Å². The molecule has 29 heavy (non-hydrogen) atoms. The molecule has 146 valence electrons. The highest BCUT2D eigenvalue weighted by Crippen LogP contribution is 2.23. The molecule has 0 atom stereocenters. The molecule has 0 spiro atoms. The summed E-state index contributed by atoms with van der Waals surface area (Å²) in [7, 11) is 0. The lowest BCUT2D eigenvalue weighted by atomic mass is 10.1. The SMILES string of the molecule is Cc1ccc(CCCC(=O)Nc2cccc(-c3cn4cc(C)ccc4n3)c2)cc1. The van der Waals surface area contributed by atoms with Gasteiger partial charge in [0.15, 0.2) is 0 Å². The summed E-state index contributed by atoms with van der Waals surface area (Å²) in [5, 5.41) is 3.02. The molecule has 0 aliphatic rings. The highest BCUT2D eigenvalue weighted by atomic mass is 16.1. The van der Waals surface area contributed by atoms with Gasteiger partial charge in [-0.3, -0.25) is 4.79 Å². The maximum atomic E-state index is 12.4. The highest BCUT2D eigenvalue weighted by Gasteiger charge is 2.07. The molecule has 1 amide bonds. The number of benzene rings is 2. The Balaban J connectivity index is 1.38. The molecule has 0 fully saturated rings. The zero-order valence-corrected chi connectivity index (χ0v) is 16.9. The van der Waals surface area contributed by atoms with E-state index in [-0.39, 0.29) is 5.91 Å². The molecule has 2 heterocycles. The van der Waals surface area contributed by atoms with Gasteiger partial charge in [-0.15, -0.1) is 0 Å². The Labute approximate surface area is 171 Å². The standard InChI is InChI=1S/C25H25N3O/c1-18-9-12-20(13-10-18)5-3-8-25(29)26-22-7-4-6-21(15-22)23-17-28-16-19(2)11-14-24(28)27-23/h4,6-7,9-17H,3,5,8H2,1-2H3,(H,26,29). The van der Waals surface area contributed by atoms with Gasteiger partial charge in [-0.2, -0.15) is 0 Å². The van der Waals surface area contributed by atoms with E-state index in [1.807, 2.05) is 40.9 Å². The van der Waals surface area contributed by atoms with E-state index in [0.717, 1.165) is 35.4 Å². The van der Waals surface area contributed by atoms with Gasteiger partial charge in [0.2, 0.25) is 5.91 Å². The van der Waals surface area contributed by atoms with Crippen molar-refractivity contribution in [2.75, 3.05) is 5.32 Å². The third kappa shape index (κ3) is 4.72. The van der Waals surface area contributed by atoms with E-state index in [0.29, 0.717) is 6.42 Å². The van der Waals surface area contributed by atoms with Gasteiger partial charge in [0, 0.05) is 30.1 Å². The highest BCUT2D eigenvalue weighted by molar-refractivity contribution is 5.91. The van der Waals surface area contributed by atoms with Crippen molar-refractivity contribution < 1.29 is 4.79 Å². The average molecular weight is 383 g/mol. The van der Waals surface area contributed by atoms with Crippen molar-refractivity contribution in [3.63, 3.8) is 0 Å². The van der Waals surface area contributed by atoms with Crippen LogP contribution in [0.15, 0.2) is 73.1 Å². The number of nitrogens with zero attached hydrogens (tertiary/aromatic N) is 2. The second-order valence-corrected chi connectivity index (χ2v) is 7.57. The molecule has 2 aromatic carbocycles. The van der Waals surface area contributed by atoms with Crippen molar-refractivity contribution in [2.45, 2.75) is 33.1 Å². The maximum absolute atomic E-state index is 12.4. The normalized spacial score (nSPS) is 11.0. The zero-order valence-electron chi connectivity index (χ0n) is 16.9. The van der Waals surface area contributed by atoms with Crippen LogP contribution in [0.5, 0.6) is 0 Å². The first-order chi connectivity index (χ1) is 14.1. The van der Waals surface area contributed by atoms with Crippen molar-refractivity contribution in [2.24, 2.45) is 0 Å². The zero-order chi connectivity index (χ0) is 20.2. The van der Waals surface area contributed by atoms with Crippen molar-refractivity contribution in [3.8, 4) is 11.3 Å². The van der Waals surface area contributed by atoms with Gasteiger partial charge in [0.05, 0.1) is 5.69 Å². The first-order valence-electron chi connectivity index (χ1n) is 9.98. The van der Waals surface area contributed by atoms with E-state index < -0.39 is 0 Å². The van der Waals surface area contributed by atoms with Crippen molar-refractivity contribution >= 4 is 17.2 Å². The van der Waals surface area contributed by atoms with E-state index in [4.69, 9.17) is 0 Å². The monoisotopic (exact) mass is 383 g/mol. The fourth-order valence-electron chi connectivity index (χ4n) is 3.43. The van der Waals surface area contributed by atoms with Gasteiger partial charge in [0.25, 0.3) is 0 Å². The number of rotatable bonds is 6. The van der Waals surface area contributed by atoms with Crippen LogP contribution in [-0.2, 0) is 11.2 Å². The molecular weight excluding hydrogens is 358 g/mol. The first-order valence-corrected chi connectivity index (χ1v) is 9.98. The van der Waals surface area contributed by atoms with Crippen LogP contribution in [0.2, 0.25) is 0 Å². The van der Waals surface area contributed by atoms with Crippen LogP contribution in [0.25, 0.3) is 16.9 Å². The predicted molar refractivity (Wildman–Crippen MR) is 118 cm³/mol. The molecule has 4 nitrogen and oxygen atoms in total. The third-order valence-corrected chi connectivity index (χ3v) is 5.03. The Morgan fingerprint density at radius 1 is 0.966 bits per heavy atom. The summed E-state index contributed by atoms with van der Waals surface area (Å²) in [6.45, 7) is 4.15. The van der Waals surface area contributed by atoms with Crippen molar-refractivity contribution in [1.29, 1.82) is 0 Å². The largest absolute Gasteiger partial charge is 0.326 e. The number of anilines is 1. The van der Waals surface area contributed by atoms with E-state index in [1.54, 1.807) is 0 Å². The number of hydrogen-bond acceptors (Lipinski definition) is 2. The van der Waals surface area contributed by atoms with Gasteiger partial charge in [-0.25, -0.2) is 4.98 Å². The van der Waals surface area contributed by atoms with Gasteiger partial charge < -0.3 is 9.72 Å². The lowest BCUT2D eigenvalue weighted by Gasteiger charge is -2.07. The number of aryl methyl sites for hydroxylation is 3. The molecule has 0 saturated heterocycles. The average Bonchev–Trinajstić information content (AvgIpc) is 3.13. The van der Waals surface area contributed by atoms with Crippen molar-refractivity contribution in [1.82, 2.24) is 9.38 Å². The molecule has 4 rings (SSSR count). The summed E-state index contributed by atoms with van der Waals surface area (Å²) < 4.78 is 2.03. The van der Waals surface area contributed by atoms with Crippen LogP contribution < -0.4 is 5.32 Å². The quantitative estimate of drug-likeness (QED) is 0.472. The van der Waals surface area contributed by atoms with E-state index in [2.05, 4.69) is 60.7 Å². The number of amides is 1. The van der Waals surface area contributed by atoms with Crippen molar-refractivity contribution in [3.05, 3.63) is 89.7 Å². The fourth-order valence-corrected chi connectivity index (χ4v) is 3.43. The second-order valence-electron chi connectivity index (χ2n) is 7.57. The first kappa shape index (κ1) is 18.9. The Bertz CT molecular complexity index is 1140. The molecule has 0 saturated carbocycles. The smallest absolute Gasteiger partial charge is 0.224 e. The van der Waals surface area contributed by atoms with Crippen LogP contribution >= 0.6 is 0 Å².